The van der Waals surface area contributed by atoms with Crippen LogP contribution in [0.1, 0.15) is 31.9 Å². The van der Waals surface area contributed by atoms with E-state index in [0.717, 1.165) is 28.8 Å². The SMILES string of the molecule is COc1ccc(-c2ccc3c(c2)C(NC(C)=O)CC(C)N3)cc1OC. The van der Waals surface area contributed by atoms with E-state index in [1.807, 2.05) is 18.2 Å². The second-order valence-corrected chi connectivity index (χ2v) is 6.41. The first-order chi connectivity index (χ1) is 12.0. The molecular weight excluding hydrogens is 316 g/mol. The van der Waals surface area contributed by atoms with Gasteiger partial charge < -0.3 is 20.1 Å². The predicted octanol–water partition coefficient (Wildman–Crippen LogP) is 3.75. The van der Waals surface area contributed by atoms with Crippen molar-refractivity contribution in [1.29, 1.82) is 0 Å². The lowest BCUT2D eigenvalue weighted by atomic mass is 9.90. The third-order valence-corrected chi connectivity index (χ3v) is 4.51. The molecule has 0 aliphatic carbocycles. The Morgan fingerprint density at radius 1 is 1.08 bits per heavy atom. The first kappa shape index (κ1) is 17.1. The highest BCUT2D eigenvalue weighted by Gasteiger charge is 2.25. The minimum atomic E-state index is -0.0124. The van der Waals surface area contributed by atoms with E-state index >= 15 is 0 Å². The number of hydrogen-bond donors (Lipinski definition) is 2. The molecule has 0 spiro atoms. The van der Waals surface area contributed by atoms with Crippen molar-refractivity contribution in [2.45, 2.75) is 32.4 Å². The standard InChI is InChI=1S/C20H24N2O3/c1-12-9-18(22-13(2)23)16-10-14(5-7-17(16)21-12)15-6-8-19(24-3)20(11-15)25-4/h5-8,10-12,18,21H,9H2,1-4H3,(H,22,23). The molecular formula is C20H24N2O3. The van der Waals surface area contributed by atoms with Crippen LogP contribution in [0, 0.1) is 0 Å². The van der Waals surface area contributed by atoms with Gasteiger partial charge in [0.2, 0.25) is 5.91 Å². The number of fused-ring (bicyclic) bond motifs is 1. The molecule has 1 aliphatic rings. The summed E-state index contributed by atoms with van der Waals surface area (Å²) in [4.78, 5) is 11.6. The topological polar surface area (TPSA) is 59.6 Å². The lowest BCUT2D eigenvalue weighted by Gasteiger charge is -2.32. The number of ether oxygens (including phenoxy) is 2. The van der Waals surface area contributed by atoms with Gasteiger partial charge in [-0.15, -0.1) is 0 Å². The summed E-state index contributed by atoms with van der Waals surface area (Å²) in [5.74, 6) is 1.39. The number of hydrogen-bond acceptors (Lipinski definition) is 4. The lowest BCUT2D eigenvalue weighted by molar-refractivity contribution is -0.119. The molecule has 5 heteroatoms. The molecule has 5 nitrogen and oxygen atoms in total. The predicted molar refractivity (Wildman–Crippen MR) is 99.2 cm³/mol. The van der Waals surface area contributed by atoms with Crippen LogP contribution in [0.2, 0.25) is 0 Å². The Morgan fingerprint density at radius 2 is 1.76 bits per heavy atom. The van der Waals surface area contributed by atoms with Crippen molar-refractivity contribution in [1.82, 2.24) is 5.32 Å². The van der Waals surface area contributed by atoms with Gasteiger partial charge in [-0.2, -0.15) is 0 Å². The van der Waals surface area contributed by atoms with E-state index in [1.165, 1.54) is 0 Å². The second kappa shape index (κ2) is 7.05. The quantitative estimate of drug-likeness (QED) is 0.890. The van der Waals surface area contributed by atoms with Gasteiger partial charge in [-0.05, 0) is 54.3 Å². The third-order valence-electron chi connectivity index (χ3n) is 4.51. The normalized spacial score (nSPS) is 18.7. The Bertz CT molecular complexity index is 789. The van der Waals surface area contributed by atoms with Gasteiger partial charge in [0.15, 0.2) is 11.5 Å². The first-order valence-corrected chi connectivity index (χ1v) is 8.41. The molecule has 2 aromatic rings. The number of benzene rings is 2. The molecule has 2 aromatic carbocycles. The molecule has 1 amide bonds. The Balaban J connectivity index is 2.01. The maximum absolute atomic E-state index is 11.6. The molecule has 132 valence electrons. The summed E-state index contributed by atoms with van der Waals surface area (Å²) in [6.45, 7) is 3.69. The van der Waals surface area contributed by atoms with Crippen LogP contribution in [0.4, 0.5) is 5.69 Å². The van der Waals surface area contributed by atoms with Gasteiger partial charge in [0.1, 0.15) is 0 Å². The van der Waals surface area contributed by atoms with Gasteiger partial charge in [-0.3, -0.25) is 4.79 Å². The van der Waals surface area contributed by atoms with Gasteiger partial charge in [0.05, 0.1) is 20.3 Å². The Morgan fingerprint density at radius 3 is 2.44 bits per heavy atom. The van der Waals surface area contributed by atoms with Crippen LogP contribution in [-0.2, 0) is 4.79 Å². The average Bonchev–Trinajstić information content (AvgIpc) is 2.60. The summed E-state index contributed by atoms with van der Waals surface area (Å²) < 4.78 is 10.7. The Kier molecular flexibility index (Phi) is 4.83. The van der Waals surface area contributed by atoms with Gasteiger partial charge >= 0.3 is 0 Å². The highest BCUT2D eigenvalue weighted by molar-refractivity contribution is 5.76. The van der Waals surface area contributed by atoms with Crippen molar-refractivity contribution < 1.29 is 14.3 Å². The molecule has 1 heterocycles. The van der Waals surface area contributed by atoms with E-state index < -0.39 is 0 Å². The highest BCUT2D eigenvalue weighted by atomic mass is 16.5. The van der Waals surface area contributed by atoms with Gasteiger partial charge in [-0.25, -0.2) is 0 Å². The van der Waals surface area contributed by atoms with Crippen molar-refractivity contribution >= 4 is 11.6 Å². The van der Waals surface area contributed by atoms with Crippen LogP contribution >= 0.6 is 0 Å². The zero-order valence-electron chi connectivity index (χ0n) is 15.1. The largest absolute Gasteiger partial charge is 0.493 e. The minimum Gasteiger partial charge on any atom is -0.493 e. The van der Waals surface area contributed by atoms with Crippen LogP contribution in [0.5, 0.6) is 11.5 Å². The second-order valence-electron chi connectivity index (χ2n) is 6.41. The highest BCUT2D eigenvalue weighted by Crippen LogP contribution is 2.38. The fourth-order valence-corrected chi connectivity index (χ4v) is 3.36. The summed E-state index contributed by atoms with van der Waals surface area (Å²) in [6, 6.07) is 12.5. The number of nitrogens with one attached hydrogen (secondary N) is 2. The van der Waals surface area contributed by atoms with Gasteiger partial charge in [-0.1, -0.05) is 12.1 Å². The van der Waals surface area contributed by atoms with Crippen LogP contribution < -0.4 is 20.1 Å². The van der Waals surface area contributed by atoms with Crippen molar-refractivity contribution in [2.75, 3.05) is 19.5 Å². The number of carbonyl (C=O) groups is 1. The van der Waals surface area contributed by atoms with Crippen LogP contribution in [0.3, 0.4) is 0 Å². The van der Waals surface area contributed by atoms with Crippen LogP contribution in [-0.4, -0.2) is 26.2 Å². The molecule has 0 fully saturated rings. The van der Waals surface area contributed by atoms with Crippen molar-refractivity contribution in [3.8, 4) is 22.6 Å². The fraction of sp³-hybridized carbons (Fsp3) is 0.350. The number of carbonyl (C=O) groups excluding carboxylic acids is 1. The van der Waals surface area contributed by atoms with E-state index in [2.05, 4.69) is 35.8 Å². The summed E-state index contributed by atoms with van der Waals surface area (Å²) >= 11 is 0. The molecule has 0 radical (unpaired) electrons. The molecule has 2 atom stereocenters. The number of rotatable bonds is 4. The molecule has 0 aromatic heterocycles. The van der Waals surface area contributed by atoms with E-state index in [4.69, 9.17) is 9.47 Å². The molecule has 25 heavy (non-hydrogen) atoms. The van der Waals surface area contributed by atoms with E-state index in [-0.39, 0.29) is 11.9 Å². The van der Waals surface area contributed by atoms with Crippen LogP contribution in [0.15, 0.2) is 36.4 Å². The molecule has 2 N–H and O–H groups in total. The van der Waals surface area contributed by atoms with Crippen molar-refractivity contribution in [3.05, 3.63) is 42.0 Å². The number of anilines is 1. The zero-order valence-corrected chi connectivity index (χ0v) is 15.1. The van der Waals surface area contributed by atoms with Crippen molar-refractivity contribution in [3.63, 3.8) is 0 Å². The number of methoxy groups -OCH3 is 2. The van der Waals surface area contributed by atoms with Gasteiger partial charge in [0.25, 0.3) is 0 Å². The molecule has 1 aliphatic heterocycles. The molecule has 2 unspecified atom stereocenters. The monoisotopic (exact) mass is 340 g/mol. The molecule has 3 rings (SSSR count). The van der Waals surface area contributed by atoms with Crippen LogP contribution in [0.25, 0.3) is 11.1 Å². The molecule has 0 saturated heterocycles. The Labute approximate surface area is 148 Å². The minimum absolute atomic E-state index is 0.0124. The van der Waals surface area contributed by atoms with Gasteiger partial charge in [0, 0.05) is 18.7 Å². The average molecular weight is 340 g/mol. The van der Waals surface area contributed by atoms with E-state index in [0.29, 0.717) is 17.5 Å². The lowest BCUT2D eigenvalue weighted by Crippen LogP contribution is -2.35. The van der Waals surface area contributed by atoms with E-state index in [9.17, 15) is 4.79 Å². The smallest absolute Gasteiger partial charge is 0.217 e. The Hall–Kier alpha value is -2.69. The molecule has 0 bridgehead atoms. The summed E-state index contributed by atoms with van der Waals surface area (Å²) in [5, 5.41) is 6.55. The maximum atomic E-state index is 11.6. The third kappa shape index (κ3) is 3.55. The summed E-state index contributed by atoms with van der Waals surface area (Å²) in [6.07, 6.45) is 0.863. The van der Waals surface area contributed by atoms with E-state index in [1.54, 1.807) is 21.1 Å². The number of amides is 1. The van der Waals surface area contributed by atoms with Crippen molar-refractivity contribution in [2.24, 2.45) is 0 Å². The summed E-state index contributed by atoms with van der Waals surface area (Å²) in [7, 11) is 3.26. The molecule has 0 saturated carbocycles. The summed E-state index contributed by atoms with van der Waals surface area (Å²) in [5.41, 5.74) is 4.30. The first-order valence-electron chi connectivity index (χ1n) is 8.41. The fourth-order valence-electron chi connectivity index (χ4n) is 3.36. The zero-order chi connectivity index (χ0) is 18.0. The maximum Gasteiger partial charge on any atom is 0.217 e.